The number of hydrogen-bond acceptors (Lipinski definition) is 2. The van der Waals surface area contributed by atoms with E-state index in [1.54, 1.807) is 6.92 Å². The second kappa shape index (κ2) is 3.53. The van der Waals surface area contributed by atoms with E-state index in [-0.39, 0.29) is 0 Å². The van der Waals surface area contributed by atoms with Gasteiger partial charge in [-0.15, -0.1) is 5.73 Å². The SMILES string of the molecule is C=C=C1COc2ccc(Br)cc2C1(C)O. The maximum absolute atomic E-state index is 10.4. The van der Waals surface area contributed by atoms with Crippen LogP contribution in [-0.4, -0.2) is 11.7 Å². The van der Waals surface area contributed by atoms with Crippen LogP contribution in [0, 0.1) is 0 Å². The van der Waals surface area contributed by atoms with Crippen LogP contribution in [-0.2, 0) is 5.60 Å². The molecule has 1 aromatic rings. The van der Waals surface area contributed by atoms with Gasteiger partial charge in [-0.1, -0.05) is 22.5 Å². The second-order valence-corrected chi connectivity index (χ2v) is 4.57. The van der Waals surface area contributed by atoms with Gasteiger partial charge in [0.25, 0.3) is 0 Å². The minimum Gasteiger partial charge on any atom is -0.488 e. The molecule has 1 heterocycles. The molecule has 78 valence electrons. The van der Waals surface area contributed by atoms with Crippen molar-refractivity contribution in [2.24, 2.45) is 0 Å². The van der Waals surface area contributed by atoms with E-state index in [0.29, 0.717) is 17.9 Å². The number of ether oxygens (including phenoxy) is 1. The summed E-state index contributed by atoms with van der Waals surface area (Å²) in [5, 5.41) is 10.4. The molecule has 0 spiro atoms. The first kappa shape index (κ1) is 10.5. The highest BCUT2D eigenvalue weighted by molar-refractivity contribution is 9.10. The zero-order chi connectivity index (χ0) is 11.1. The topological polar surface area (TPSA) is 29.5 Å². The summed E-state index contributed by atoms with van der Waals surface area (Å²) in [7, 11) is 0. The predicted molar refractivity (Wildman–Crippen MR) is 61.9 cm³/mol. The molecule has 1 N–H and O–H groups in total. The Hall–Kier alpha value is -1.02. The van der Waals surface area contributed by atoms with Gasteiger partial charge in [0.1, 0.15) is 18.0 Å². The van der Waals surface area contributed by atoms with Crippen molar-refractivity contribution >= 4 is 15.9 Å². The minimum atomic E-state index is -1.04. The molecule has 0 fully saturated rings. The number of halogens is 1. The van der Waals surface area contributed by atoms with Crippen molar-refractivity contribution in [2.75, 3.05) is 6.61 Å². The molecule has 0 aromatic heterocycles. The summed E-state index contributed by atoms with van der Waals surface area (Å²) in [5.41, 5.74) is 3.09. The van der Waals surface area contributed by atoms with E-state index < -0.39 is 5.60 Å². The number of fused-ring (bicyclic) bond motifs is 1. The maximum Gasteiger partial charge on any atom is 0.126 e. The molecule has 15 heavy (non-hydrogen) atoms. The third-order valence-electron chi connectivity index (χ3n) is 2.64. The van der Waals surface area contributed by atoms with E-state index in [2.05, 4.69) is 28.2 Å². The zero-order valence-corrected chi connectivity index (χ0v) is 9.97. The first-order chi connectivity index (χ1) is 7.05. The van der Waals surface area contributed by atoms with Crippen LogP contribution in [0.4, 0.5) is 0 Å². The molecule has 0 aliphatic carbocycles. The van der Waals surface area contributed by atoms with E-state index >= 15 is 0 Å². The molecule has 2 nitrogen and oxygen atoms in total. The van der Waals surface area contributed by atoms with E-state index in [0.717, 1.165) is 10.0 Å². The van der Waals surface area contributed by atoms with Gasteiger partial charge in [0.05, 0.1) is 0 Å². The smallest absolute Gasteiger partial charge is 0.126 e. The summed E-state index contributed by atoms with van der Waals surface area (Å²) < 4.78 is 6.41. The van der Waals surface area contributed by atoms with E-state index in [1.807, 2.05) is 18.2 Å². The van der Waals surface area contributed by atoms with Gasteiger partial charge in [-0.2, -0.15) is 0 Å². The Kier molecular flexibility index (Phi) is 2.47. The zero-order valence-electron chi connectivity index (χ0n) is 8.38. The van der Waals surface area contributed by atoms with Crippen molar-refractivity contribution in [3.05, 3.63) is 46.1 Å². The van der Waals surface area contributed by atoms with Crippen LogP contribution in [0.2, 0.25) is 0 Å². The van der Waals surface area contributed by atoms with Crippen molar-refractivity contribution in [3.8, 4) is 5.75 Å². The molecule has 1 aromatic carbocycles. The van der Waals surface area contributed by atoms with Crippen LogP contribution in [0.25, 0.3) is 0 Å². The number of rotatable bonds is 0. The predicted octanol–water partition coefficient (Wildman–Crippen LogP) is 2.76. The molecular weight excluding hydrogens is 256 g/mol. The summed E-state index contributed by atoms with van der Waals surface area (Å²) in [4.78, 5) is 0. The van der Waals surface area contributed by atoms with Crippen LogP contribution >= 0.6 is 15.9 Å². The third kappa shape index (κ3) is 1.63. The van der Waals surface area contributed by atoms with Crippen LogP contribution in [0.15, 0.2) is 40.6 Å². The molecular formula is C12H11BrO2. The fraction of sp³-hybridized carbons (Fsp3) is 0.250. The molecule has 1 aliphatic heterocycles. The van der Waals surface area contributed by atoms with Crippen molar-refractivity contribution in [1.82, 2.24) is 0 Å². The summed E-state index contributed by atoms with van der Waals surface area (Å²) in [5.74, 6) is 0.710. The van der Waals surface area contributed by atoms with Gasteiger partial charge in [-0.25, -0.2) is 0 Å². The van der Waals surface area contributed by atoms with Gasteiger partial charge in [-0.3, -0.25) is 0 Å². The quantitative estimate of drug-likeness (QED) is 0.732. The Labute approximate surface area is 97.0 Å². The van der Waals surface area contributed by atoms with Crippen molar-refractivity contribution < 1.29 is 9.84 Å². The molecule has 1 atom stereocenters. The Morgan fingerprint density at radius 3 is 3.00 bits per heavy atom. The molecule has 0 saturated heterocycles. The Bertz CT molecular complexity index is 457. The lowest BCUT2D eigenvalue weighted by Crippen LogP contribution is -2.32. The van der Waals surface area contributed by atoms with Gasteiger partial charge >= 0.3 is 0 Å². The average molecular weight is 267 g/mol. The summed E-state index contributed by atoms with van der Waals surface area (Å²) in [6.07, 6.45) is 0. The average Bonchev–Trinajstić information content (AvgIpc) is 2.19. The fourth-order valence-electron chi connectivity index (χ4n) is 1.68. The van der Waals surface area contributed by atoms with Gasteiger partial charge in [0.2, 0.25) is 0 Å². The van der Waals surface area contributed by atoms with Crippen molar-refractivity contribution in [2.45, 2.75) is 12.5 Å². The highest BCUT2D eigenvalue weighted by atomic mass is 79.9. The minimum absolute atomic E-state index is 0.338. The lowest BCUT2D eigenvalue weighted by Gasteiger charge is -2.32. The molecule has 0 radical (unpaired) electrons. The largest absolute Gasteiger partial charge is 0.488 e. The standard InChI is InChI=1S/C12H11BrO2/c1-3-8-7-15-11-5-4-9(13)6-10(11)12(8,2)14/h4-6,14H,1,7H2,2H3. The molecule has 0 bridgehead atoms. The number of aliphatic hydroxyl groups is 1. The third-order valence-corrected chi connectivity index (χ3v) is 3.13. The molecule has 1 aliphatic rings. The van der Waals surface area contributed by atoms with Crippen molar-refractivity contribution in [3.63, 3.8) is 0 Å². The lowest BCUT2D eigenvalue weighted by molar-refractivity contribution is 0.0686. The van der Waals surface area contributed by atoms with Crippen molar-refractivity contribution in [1.29, 1.82) is 0 Å². The molecule has 3 heteroatoms. The van der Waals surface area contributed by atoms with Gasteiger partial charge in [0.15, 0.2) is 0 Å². The normalized spacial score (nSPS) is 24.1. The number of hydrogen-bond donors (Lipinski definition) is 1. The van der Waals surface area contributed by atoms with Crippen LogP contribution in [0.1, 0.15) is 12.5 Å². The van der Waals surface area contributed by atoms with Crippen LogP contribution in [0.5, 0.6) is 5.75 Å². The monoisotopic (exact) mass is 266 g/mol. The lowest BCUT2D eigenvalue weighted by atomic mass is 9.86. The number of benzene rings is 1. The van der Waals surface area contributed by atoms with Gasteiger partial charge in [0, 0.05) is 15.6 Å². The first-order valence-electron chi connectivity index (χ1n) is 4.60. The van der Waals surface area contributed by atoms with Crippen LogP contribution in [0.3, 0.4) is 0 Å². The Morgan fingerprint density at radius 1 is 1.60 bits per heavy atom. The van der Waals surface area contributed by atoms with E-state index in [1.165, 1.54) is 0 Å². The molecule has 0 saturated carbocycles. The Morgan fingerprint density at radius 2 is 2.33 bits per heavy atom. The molecule has 1 unspecified atom stereocenters. The van der Waals surface area contributed by atoms with Crippen LogP contribution < -0.4 is 4.74 Å². The molecule has 0 amide bonds. The second-order valence-electron chi connectivity index (χ2n) is 3.66. The Balaban J connectivity index is 2.65. The summed E-state index contributed by atoms with van der Waals surface area (Å²) in [6, 6.07) is 5.58. The highest BCUT2D eigenvalue weighted by Gasteiger charge is 2.35. The maximum atomic E-state index is 10.4. The fourth-order valence-corrected chi connectivity index (χ4v) is 2.05. The molecule has 2 rings (SSSR count). The van der Waals surface area contributed by atoms with E-state index in [9.17, 15) is 5.11 Å². The van der Waals surface area contributed by atoms with Gasteiger partial charge in [-0.05, 0) is 25.1 Å². The summed E-state index contributed by atoms with van der Waals surface area (Å²) >= 11 is 3.37. The summed E-state index contributed by atoms with van der Waals surface area (Å²) in [6.45, 7) is 5.63. The highest BCUT2D eigenvalue weighted by Crippen LogP contribution is 2.40. The first-order valence-corrected chi connectivity index (χ1v) is 5.39. The van der Waals surface area contributed by atoms with E-state index in [4.69, 9.17) is 4.74 Å². The van der Waals surface area contributed by atoms with Gasteiger partial charge < -0.3 is 9.84 Å².